The third kappa shape index (κ3) is 2.30. The Hall–Kier alpha value is -2.34. The standard InChI is InChI=1S/C21H18.C2H6/c1-15-12-13-18-17-10-6-7-11-19(17)21(2,20(18)14-15)16-8-4-3-5-9-16;1-2/h3-14H,1-2H3;1-2H3. The molecule has 0 nitrogen and oxygen atoms in total. The van der Waals surface area contributed by atoms with E-state index in [1.54, 1.807) is 0 Å². The van der Waals surface area contributed by atoms with Gasteiger partial charge in [-0.2, -0.15) is 0 Å². The number of hydrogen-bond acceptors (Lipinski definition) is 0. The van der Waals surface area contributed by atoms with Gasteiger partial charge in [0.05, 0.1) is 0 Å². The molecule has 0 amide bonds. The lowest BCUT2D eigenvalue weighted by Crippen LogP contribution is -2.22. The maximum atomic E-state index is 2.35. The van der Waals surface area contributed by atoms with E-state index in [1.165, 1.54) is 33.4 Å². The normalized spacial score (nSPS) is 17.7. The van der Waals surface area contributed by atoms with E-state index < -0.39 is 0 Å². The Morgan fingerprint density at radius 3 is 2.00 bits per heavy atom. The van der Waals surface area contributed by atoms with Crippen LogP contribution in [0.4, 0.5) is 0 Å². The molecule has 0 fully saturated rings. The highest BCUT2D eigenvalue weighted by molar-refractivity contribution is 5.83. The minimum absolute atomic E-state index is 0.0563. The van der Waals surface area contributed by atoms with E-state index in [0.717, 1.165) is 0 Å². The van der Waals surface area contributed by atoms with Crippen molar-refractivity contribution < 1.29 is 0 Å². The predicted molar refractivity (Wildman–Crippen MR) is 100.0 cm³/mol. The van der Waals surface area contributed by atoms with Crippen LogP contribution in [0.1, 0.15) is 43.0 Å². The lowest BCUT2D eigenvalue weighted by Gasteiger charge is -2.28. The number of hydrogen-bond donors (Lipinski definition) is 0. The maximum Gasteiger partial charge on any atom is 0.0435 e. The van der Waals surface area contributed by atoms with Crippen molar-refractivity contribution in [2.75, 3.05) is 0 Å². The fourth-order valence-corrected chi connectivity index (χ4v) is 3.69. The average Bonchev–Trinajstić information content (AvgIpc) is 2.88. The van der Waals surface area contributed by atoms with E-state index >= 15 is 0 Å². The second-order valence-corrected chi connectivity index (χ2v) is 6.09. The van der Waals surface area contributed by atoms with E-state index in [4.69, 9.17) is 0 Å². The van der Waals surface area contributed by atoms with Gasteiger partial charge in [0.1, 0.15) is 0 Å². The minimum atomic E-state index is -0.0563. The van der Waals surface area contributed by atoms with E-state index in [2.05, 4.69) is 86.6 Å². The van der Waals surface area contributed by atoms with Crippen molar-refractivity contribution in [3.63, 3.8) is 0 Å². The van der Waals surface area contributed by atoms with Crippen molar-refractivity contribution >= 4 is 0 Å². The van der Waals surface area contributed by atoms with Crippen LogP contribution in [0.25, 0.3) is 11.1 Å². The molecule has 0 heterocycles. The zero-order chi connectivity index (χ0) is 16.4. The van der Waals surface area contributed by atoms with Gasteiger partial charge in [-0.1, -0.05) is 92.2 Å². The SMILES string of the molecule is CC.Cc1ccc2c(c1)C(C)(c1ccccc1)c1ccccc1-2. The van der Waals surface area contributed by atoms with E-state index in [0.29, 0.717) is 0 Å². The fraction of sp³-hybridized carbons (Fsp3) is 0.217. The van der Waals surface area contributed by atoms with Gasteiger partial charge in [-0.25, -0.2) is 0 Å². The number of aryl methyl sites for hydroxylation is 1. The Bertz CT molecular complexity index is 814. The molecule has 3 aromatic rings. The van der Waals surface area contributed by atoms with Gasteiger partial charge in [0, 0.05) is 5.41 Å². The number of rotatable bonds is 1. The zero-order valence-corrected chi connectivity index (χ0v) is 14.4. The van der Waals surface area contributed by atoms with Gasteiger partial charge in [0.25, 0.3) is 0 Å². The van der Waals surface area contributed by atoms with Gasteiger partial charge in [-0.15, -0.1) is 0 Å². The molecule has 0 bridgehead atoms. The molecule has 1 aliphatic carbocycles. The Morgan fingerprint density at radius 1 is 0.652 bits per heavy atom. The van der Waals surface area contributed by atoms with Gasteiger partial charge in [0.2, 0.25) is 0 Å². The minimum Gasteiger partial charge on any atom is -0.0683 e. The highest BCUT2D eigenvalue weighted by Crippen LogP contribution is 2.52. The predicted octanol–water partition coefficient (Wildman–Crippen LogP) is 6.36. The van der Waals surface area contributed by atoms with Crippen molar-refractivity contribution in [2.45, 2.75) is 33.1 Å². The van der Waals surface area contributed by atoms with Crippen molar-refractivity contribution in [3.05, 3.63) is 95.1 Å². The van der Waals surface area contributed by atoms with Crippen LogP contribution in [0.15, 0.2) is 72.8 Å². The summed E-state index contributed by atoms with van der Waals surface area (Å²) in [7, 11) is 0. The van der Waals surface area contributed by atoms with E-state index in [9.17, 15) is 0 Å². The molecule has 4 rings (SSSR count). The van der Waals surface area contributed by atoms with Crippen LogP contribution in [0, 0.1) is 6.92 Å². The van der Waals surface area contributed by atoms with Gasteiger partial charge >= 0.3 is 0 Å². The van der Waals surface area contributed by atoms with Crippen LogP contribution in [-0.2, 0) is 5.41 Å². The second kappa shape index (κ2) is 6.04. The summed E-state index contributed by atoms with van der Waals surface area (Å²) in [4.78, 5) is 0. The molecule has 0 spiro atoms. The van der Waals surface area contributed by atoms with E-state index in [-0.39, 0.29) is 5.41 Å². The fourth-order valence-electron chi connectivity index (χ4n) is 3.69. The third-order valence-electron chi connectivity index (χ3n) is 4.82. The summed E-state index contributed by atoms with van der Waals surface area (Å²) in [5, 5.41) is 0. The van der Waals surface area contributed by atoms with Gasteiger partial charge in [-0.3, -0.25) is 0 Å². The van der Waals surface area contributed by atoms with Crippen molar-refractivity contribution in [1.82, 2.24) is 0 Å². The molecule has 0 aromatic heterocycles. The zero-order valence-electron chi connectivity index (χ0n) is 14.4. The summed E-state index contributed by atoms with van der Waals surface area (Å²) >= 11 is 0. The lowest BCUT2D eigenvalue weighted by atomic mass is 9.74. The summed E-state index contributed by atoms with van der Waals surface area (Å²) < 4.78 is 0. The first kappa shape index (κ1) is 15.6. The van der Waals surface area contributed by atoms with Gasteiger partial charge in [-0.05, 0) is 41.7 Å². The lowest BCUT2D eigenvalue weighted by molar-refractivity contribution is 0.713. The molecule has 1 atom stereocenters. The van der Waals surface area contributed by atoms with Gasteiger partial charge in [0.15, 0.2) is 0 Å². The van der Waals surface area contributed by atoms with Crippen molar-refractivity contribution in [3.8, 4) is 11.1 Å². The summed E-state index contributed by atoms with van der Waals surface area (Å²) in [5.74, 6) is 0. The topological polar surface area (TPSA) is 0 Å². The molecule has 0 radical (unpaired) electrons. The summed E-state index contributed by atoms with van der Waals surface area (Å²) in [6.07, 6.45) is 0. The van der Waals surface area contributed by atoms with Crippen LogP contribution >= 0.6 is 0 Å². The summed E-state index contributed by atoms with van der Waals surface area (Å²) in [6, 6.07) is 26.5. The van der Waals surface area contributed by atoms with Crippen molar-refractivity contribution in [2.24, 2.45) is 0 Å². The summed E-state index contributed by atoms with van der Waals surface area (Å²) in [6.45, 7) is 8.53. The first-order valence-corrected chi connectivity index (χ1v) is 8.48. The van der Waals surface area contributed by atoms with E-state index in [1.807, 2.05) is 13.8 Å². The molecular formula is C23H24. The largest absolute Gasteiger partial charge is 0.0683 e. The molecule has 0 saturated carbocycles. The molecule has 1 unspecified atom stereocenters. The molecule has 23 heavy (non-hydrogen) atoms. The second-order valence-electron chi connectivity index (χ2n) is 6.09. The molecule has 116 valence electrons. The Balaban J connectivity index is 0.000000753. The maximum absolute atomic E-state index is 2.35. The quantitative estimate of drug-likeness (QED) is 0.491. The van der Waals surface area contributed by atoms with Gasteiger partial charge < -0.3 is 0 Å². The van der Waals surface area contributed by atoms with Crippen LogP contribution in [-0.4, -0.2) is 0 Å². The molecule has 0 saturated heterocycles. The molecule has 0 heteroatoms. The number of fused-ring (bicyclic) bond motifs is 3. The summed E-state index contributed by atoms with van der Waals surface area (Å²) in [5.41, 5.74) is 8.22. The highest BCUT2D eigenvalue weighted by Gasteiger charge is 2.40. The Labute approximate surface area is 139 Å². The highest BCUT2D eigenvalue weighted by atomic mass is 14.4. The molecule has 3 aromatic carbocycles. The molecule has 0 N–H and O–H groups in total. The monoisotopic (exact) mass is 300 g/mol. The number of benzene rings is 3. The molecule has 1 aliphatic rings. The van der Waals surface area contributed by atoms with Crippen LogP contribution < -0.4 is 0 Å². The van der Waals surface area contributed by atoms with Crippen molar-refractivity contribution in [1.29, 1.82) is 0 Å². The average molecular weight is 300 g/mol. The third-order valence-corrected chi connectivity index (χ3v) is 4.82. The first-order chi connectivity index (χ1) is 11.2. The Kier molecular flexibility index (Phi) is 4.09. The smallest absolute Gasteiger partial charge is 0.0435 e. The molecule has 0 aliphatic heterocycles. The molecular weight excluding hydrogens is 276 g/mol. The Morgan fingerprint density at radius 2 is 1.26 bits per heavy atom. The van der Waals surface area contributed by atoms with Crippen LogP contribution in [0.2, 0.25) is 0 Å². The first-order valence-electron chi connectivity index (χ1n) is 8.48. The van der Waals surface area contributed by atoms with Crippen LogP contribution in [0.3, 0.4) is 0 Å². The van der Waals surface area contributed by atoms with Crippen LogP contribution in [0.5, 0.6) is 0 Å².